The minimum Gasteiger partial charge on any atom is -0.377 e. The predicted molar refractivity (Wildman–Crippen MR) is 57.8 cm³/mol. The summed E-state index contributed by atoms with van der Waals surface area (Å²) in [6, 6.07) is 0.640. The first-order valence-electron chi connectivity index (χ1n) is 4.66. The SMILES string of the molecule is CO[Si](CC(N)CC(C)N)(OC)OC. The van der Waals surface area contributed by atoms with Crippen LogP contribution in [0.3, 0.4) is 0 Å². The summed E-state index contributed by atoms with van der Waals surface area (Å²) in [6.07, 6.45) is 0.741. The average molecular weight is 222 g/mol. The topological polar surface area (TPSA) is 79.7 Å². The van der Waals surface area contributed by atoms with Crippen molar-refractivity contribution in [2.45, 2.75) is 31.5 Å². The quantitative estimate of drug-likeness (QED) is 0.589. The van der Waals surface area contributed by atoms with Gasteiger partial charge in [-0.3, -0.25) is 0 Å². The van der Waals surface area contributed by atoms with Gasteiger partial charge in [0.2, 0.25) is 0 Å². The molecule has 0 aliphatic heterocycles. The molecule has 0 aliphatic carbocycles. The van der Waals surface area contributed by atoms with Crippen molar-refractivity contribution in [3.8, 4) is 0 Å². The normalized spacial score (nSPS) is 16.7. The van der Waals surface area contributed by atoms with Gasteiger partial charge in [-0.25, -0.2) is 0 Å². The Labute approximate surface area is 87.1 Å². The predicted octanol–water partition coefficient (Wildman–Crippen LogP) is -0.0709. The second-order valence-corrected chi connectivity index (χ2v) is 6.47. The highest BCUT2D eigenvalue weighted by atomic mass is 28.4. The summed E-state index contributed by atoms with van der Waals surface area (Å²) in [6.45, 7) is 1.93. The zero-order chi connectivity index (χ0) is 11.2. The molecule has 0 aromatic carbocycles. The lowest BCUT2D eigenvalue weighted by Crippen LogP contribution is -2.48. The van der Waals surface area contributed by atoms with Crippen molar-refractivity contribution in [2.75, 3.05) is 21.3 Å². The average Bonchev–Trinajstić information content (AvgIpc) is 2.13. The Bertz CT molecular complexity index is 145. The van der Waals surface area contributed by atoms with Crippen LogP contribution < -0.4 is 11.5 Å². The molecule has 0 aromatic heterocycles. The van der Waals surface area contributed by atoms with Crippen LogP contribution in [-0.2, 0) is 13.3 Å². The molecule has 0 aliphatic rings. The fourth-order valence-corrected chi connectivity index (χ4v) is 3.19. The van der Waals surface area contributed by atoms with E-state index in [0.29, 0.717) is 6.04 Å². The van der Waals surface area contributed by atoms with Crippen molar-refractivity contribution in [2.24, 2.45) is 11.5 Å². The maximum absolute atomic E-state index is 5.90. The summed E-state index contributed by atoms with van der Waals surface area (Å²) in [5.74, 6) is 0. The molecule has 0 rings (SSSR count). The van der Waals surface area contributed by atoms with Gasteiger partial charge in [-0.2, -0.15) is 0 Å². The molecule has 0 fully saturated rings. The zero-order valence-electron chi connectivity index (χ0n) is 9.45. The maximum Gasteiger partial charge on any atom is 0.501 e. The van der Waals surface area contributed by atoms with Crippen LogP contribution in [0.1, 0.15) is 13.3 Å². The van der Waals surface area contributed by atoms with Crippen LogP contribution in [0, 0.1) is 0 Å². The summed E-state index contributed by atoms with van der Waals surface area (Å²) in [7, 11) is 2.22. The van der Waals surface area contributed by atoms with Gasteiger partial charge < -0.3 is 24.7 Å². The smallest absolute Gasteiger partial charge is 0.377 e. The Morgan fingerprint density at radius 2 is 1.50 bits per heavy atom. The molecule has 0 heterocycles. The van der Waals surface area contributed by atoms with Gasteiger partial charge in [-0.05, 0) is 13.3 Å². The lowest BCUT2D eigenvalue weighted by Gasteiger charge is -2.27. The van der Waals surface area contributed by atoms with Crippen LogP contribution in [0.25, 0.3) is 0 Å². The van der Waals surface area contributed by atoms with Gasteiger partial charge >= 0.3 is 8.80 Å². The summed E-state index contributed by atoms with van der Waals surface area (Å²) >= 11 is 0. The van der Waals surface area contributed by atoms with Crippen molar-refractivity contribution < 1.29 is 13.3 Å². The van der Waals surface area contributed by atoms with Crippen LogP contribution >= 0.6 is 0 Å². The minimum absolute atomic E-state index is 0.0403. The Kier molecular flexibility index (Phi) is 6.50. The summed E-state index contributed by atoms with van der Waals surface area (Å²) in [5, 5.41) is 0. The molecule has 0 saturated carbocycles. The van der Waals surface area contributed by atoms with Crippen molar-refractivity contribution in [3.05, 3.63) is 0 Å². The lowest BCUT2D eigenvalue weighted by molar-refractivity contribution is 0.121. The van der Waals surface area contributed by atoms with Crippen LogP contribution in [0.4, 0.5) is 0 Å². The Morgan fingerprint density at radius 1 is 1.07 bits per heavy atom. The van der Waals surface area contributed by atoms with Crippen LogP contribution in [0.2, 0.25) is 6.04 Å². The standard InChI is InChI=1S/C8H22N2O3Si/c1-7(9)5-8(10)6-14(11-2,12-3)13-4/h7-8H,5-6,9-10H2,1-4H3. The first kappa shape index (κ1) is 14.0. The van der Waals surface area contributed by atoms with Crippen LogP contribution in [-0.4, -0.2) is 42.2 Å². The van der Waals surface area contributed by atoms with E-state index >= 15 is 0 Å². The van der Waals surface area contributed by atoms with Gasteiger partial charge in [0.15, 0.2) is 0 Å². The van der Waals surface area contributed by atoms with E-state index in [4.69, 9.17) is 24.7 Å². The first-order chi connectivity index (χ1) is 6.49. The molecule has 14 heavy (non-hydrogen) atoms. The van der Waals surface area contributed by atoms with E-state index in [-0.39, 0.29) is 12.1 Å². The van der Waals surface area contributed by atoms with E-state index in [9.17, 15) is 0 Å². The maximum atomic E-state index is 5.90. The van der Waals surface area contributed by atoms with Crippen molar-refractivity contribution >= 4 is 8.80 Å². The zero-order valence-corrected chi connectivity index (χ0v) is 10.4. The highest BCUT2D eigenvalue weighted by molar-refractivity contribution is 6.60. The Morgan fingerprint density at radius 3 is 1.79 bits per heavy atom. The van der Waals surface area contributed by atoms with E-state index < -0.39 is 8.80 Å². The van der Waals surface area contributed by atoms with Crippen molar-refractivity contribution in [1.82, 2.24) is 0 Å². The molecule has 0 aromatic rings. The van der Waals surface area contributed by atoms with E-state index in [1.54, 1.807) is 21.3 Å². The van der Waals surface area contributed by atoms with Crippen LogP contribution in [0.5, 0.6) is 0 Å². The molecule has 0 amide bonds. The molecule has 4 N–H and O–H groups in total. The van der Waals surface area contributed by atoms with Gasteiger partial charge in [0.25, 0.3) is 0 Å². The third-order valence-corrected chi connectivity index (χ3v) is 5.01. The number of nitrogens with two attached hydrogens (primary N) is 2. The second-order valence-electron chi connectivity index (χ2n) is 3.47. The monoisotopic (exact) mass is 222 g/mol. The minimum atomic E-state index is -2.53. The van der Waals surface area contributed by atoms with Gasteiger partial charge in [0.05, 0.1) is 0 Å². The highest BCUT2D eigenvalue weighted by Crippen LogP contribution is 2.16. The molecule has 2 unspecified atom stereocenters. The van der Waals surface area contributed by atoms with E-state index in [1.807, 2.05) is 6.92 Å². The fraction of sp³-hybridized carbons (Fsp3) is 1.00. The molecule has 6 heteroatoms. The molecular weight excluding hydrogens is 200 g/mol. The molecule has 5 nitrogen and oxygen atoms in total. The Balaban J connectivity index is 4.15. The first-order valence-corrected chi connectivity index (χ1v) is 6.59. The third-order valence-electron chi connectivity index (χ3n) is 2.12. The Hall–Kier alpha value is 0.0169. The summed E-state index contributed by atoms with van der Waals surface area (Å²) in [5.41, 5.74) is 11.6. The molecule has 0 bridgehead atoms. The number of hydrogen-bond donors (Lipinski definition) is 2. The molecule has 0 radical (unpaired) electrons. The van der Waals surface area contributed by atoms with Crippen LogP contribution in [0.15, 0.2) is 0 Å². The van der Waals surface area contributed by atoms with Gasteiger partial charge in [-0.1, -0.05) is 0 Å². The van der Waals surface area contributed by atoms with Gasteiger partial charge in [0.1, 0.15) is 0 Å². The molecule has 2 atom stereocenters. The molecule has 0 saturated heterocycles. The van der Waals surface area contributed by atoms with Gasteiger partial charge in [0, 0.05) is 39.5 Å². The van der Waals surface area contributed by atoms with Crippen molar-refractivity contribution in [3.63, 3.8) is 0 Å². The van der Waals surface area contributed by atoms with E-state index in [1.165, 1.54) is 0 Å². The largest absolute Gasteiger partial charge is 0.501 e. The van der Waals surface area contributed by atoms with Gasteiger partial charge in [-0.15, -0.1) is 0 Å². The third kappa shape index (κ3) is 4.49. The van der Waals surface area contributed by atoms with Crippen molar-refractivity contribution in [1.29, 1.82) is 0 Å². The van der Waals surface area contributed by atoms with E-state index in [2.05, 4.69) is 0 Å². The molecule has 86 valence electrons. The molecular formula is C8H22N2O3Si. The fourth-order valence-electron chi connectivity index (χ4n) is 1.38. The lowest BCUT2D eigenvalue weighted by atomic mass is 10.1. The van der Waals surface area contributed by atoms with E-state index in [0.717, 1.165) is 6.42 Å². The number of hydrogen-bond acceptors (Lipinski definition) is 5. The summed E-state index contributed by atoms with van der Waals surface area (Å²) < 4.78 is 15.8. The molecule has 0 spiro atoms. The second kappa shape index (κ2) is 6.49. The highest BCUT2D eigenvalue weighted by Gasteiger charge is 2.39. The number of rotatable bonds is 7. The summed E-state index contributed by atoms with van der Waals surface area (Å²) in [4.78, 5) is 0.